The van der Waals surface area contributed by atoms with Crippen molar-refractivity contribution in [2.45, 2.75) is 180 Å². The summed E-state index contributed by atoms with van der Waals surface area (Å²) in [5.41, 5.74) is 5.37. The van der Waals surface area contributed by atoms with Crippen molar-refractivity contribution in [1.29, 1.82) is 0 Å². The van der Waals surface area contributed by atoms with Crippen LogP contribution in [0.4, 0.5) is 0 Å². The Balaban J connectivity index is 4.31. The van der Waals surface area contributed by atoms with Gasteiger partial charge in [-0.15, -0.1) is 0 Å². The lowest BCUT2D eigenvalue weighted by Gasteiger charge is -2.25. The lowest BCUT2D eigenvalue weighted by atomic mass is 10.1. The van der Waals surface area contributed by atoms with E-state index in [1.54, 1.807) is 0 Å². The number of hydrogen-bond acceptors (Lipinski definition) is 9. The van der Waals surface area contributed by atoms with E-state index in [2.05, 4.69) is 13.8 Å². The van der Waals surface area contributed by atoms with Crippen LogP contribution in [0.2, 0.25) is 0 Å². The summed E-state index contributed by atoms with van der Waals surface area (Å²) in [7, 11) is -4.59. The molecule has 1 unspecified atom stereocenters. The number of carbonyl (C=O) groups excluding carboxylic acids is 2. The molecule has 2 atom stereocenters. The molecule has 44 heavy (non-hydrogen) atoms. The summed E-state index contributed by atoms with van der Waals surface area (Å²) in [6.45, 7) is 3.92. The predicted octanol–water partition coefficient (Wildman–Crippen LogP) is 8.69. The Labute approximate surface area is 269 Å². The van der Waals surface area contributed by atoms with E-state index >= 15 is 0 Å². The lowest BCUT2D eigenvalue weighted by Crippen LogP contribution is -2.30. The average Bonchev–Trinajstić information content (AvgIpc) is 3.00. The molecule has 0 radical (unpaired) electrons. The Morgan fingerprint density at radius 1 is 0.591 bits per heavy atom. The second-order valence-electron chi connectivity index (χ2n) is 12.1. The van der Waals surface area contributed by atoms with Crippen molar-refractivity contribution >= 4 is 19.8 Å². The van der Waals surface area contributed by atoms with Crippen LogP contribution in [0.25, 0.3) is 0 Å². The second-order valence-corrected chi connectivity index (χ2v) is 13.5. The zero-order valence-corrected chi connectivity index (χ0v) is 29.3. The van der Waals surface area contributed by atoms with Crippen LogP contribution < -0.4 is 10.6 Å². The van der Waals surface area contributed by atoms with Crippen LogP contribution in [0, 0.1) is 0 Å². The highest BCUT2D eigenvalue weighted by atomic mass is 31.2. The molecule has 0 aromatic rings. The summed E-state index contributed by atoms with van der Waals surface area (Å²) in [6, 6.07) is 0. The van der Waals surface area contributed by atoms with Crippen LogP contribution in [0.3, 0.4) is 0 Å². The minimum Gasteiger partial charge on any atom is -0.756 e. The fourth-order valence-electron chi connectivity index (χ4n) is 4.96. The first-order valence-electron chi connectivity index (χ1n) is 18.0. The Kier molecular flexibility index (Phi) is 31.3. The van der Waals surface area contributed by atoms with Crippen LogP contribution >= 0.6 is 7.82 Å². The topological polar surface area (TPSA) is 137 Å². The van der Waals surface area contributed by atoms with Gasteiger partial charge in [0.25, 0.3) is 7.82 Å². The Hall–Kier alpha value is -0.990. The van der Waals surface area contributed by atoms with Gasteiger partial charge < -0.3 is 29.1 Å². The number of ether oxygens (including phenoxy) is 2. The van der Waals surface area contributed by atoms with Crippen LogP contribution in [0.1, 0.15) is 174 Å². The van der Waals surface area contributed by atoms with Gasteiger partial charge in [0, 0.05) is 12.8 Å². The van der Waals surface area contributed by atoms with Gasteiger partial charge in [-0.3, -0.25) is 14.2 Å². The van der Waals surface area contributed by atoms with Gasteiger partial charge in [0.15, 0.2) is 6.10 Å². The quantitative estimate of drug-likeness (QED) is 0.0412. The fraction of sp³-hybridized carbons (Fsp3) is 0.941. The smallest absolute Gasteiger partial charge is 0.306 e. The molecule has 0 bridgehead atoms. The van der Waals surface area contributed by atoms with E-state index in [9.17, 15) is 19.0 Å². The molecule has 0 aliphatic heterocycles. The number of phosphoric ester groups is 1. The zero-order chi connectivity index (χ0) is 32.6. The summed E-state index contributed by atoms with van der Waals surface area (Å²) >= 11 is 0. The lowest BCUT2D eigenvalue weighted by molar-refractivity contribution is -0.228. The average molecular weight is 649 g/mol. The molecule has 0 saturated heterocycles. The Morgan fingerprint density at radius 3 is 1.43 bits per heavy atom. The van der Waals surface area contributed by atoms with Gasteiger partial charge in [-0.25, -0.2) is 0 Å². The molecule has 0 amide bonds. The van der Waals surface area contributed by atoms with E-state index in [0.29, 0.717) is 12.8 Å². The van der Waals surface area contributed by atoms with Gasteiger partial charge in [-0.05, 0) is 25.8 Å². The number of nitrogens with two attached hydrogens (primary N) is 1. The number of unbranched alkanes of at least 4 members (excludes halogenated alkanes) is 20. The minimum absolute atomic E-state index is 0.0888. The highest BCUT2D eigenvalue weighted by Crippen LogP contribution is 2.38. The molecule has 0 aliphatic rings. The maximum Gasteiger partial charge on any atom is 0.306 e. The Morgan fingerprint density at radius 2 is 1.00 bits per heavy atom. The van der Waals surface area contributed by atoms with Crippen molar-refractivity contribution in [3.8, 4) is 0 Å². The molecule has 0 fully saturated rings. The molecule has 0 aromatic carbocycles. The van der Waals surface area contributed by atoms with Crippen molar-refractivity contribution in [3.63, 3.8) is 0 Å². The van der Waals surface area contributed by atoms with Crippen molar-refractivity contribution in [2.75, 3.05) is 26.4 Å². The molecule has 2 N–H and O–H groups in total. The molecule has 0 spiro atoms. The third-order valence-electron chi connectivity index (χ3n) is 7.71. The van der Waals surface area contributed by atoms with Crippen LogP contribution in [-0.4, -0.2) is 44.4 Å². The number of hydrogen-bond donors (Lipinski definition) is 1. The SMILES string of the molecule is CCCCCCCCCCCCCC(=O)OC[C@@H](COP(=O)([O-])OCCCN)OC(=O)CCCCCCCCCCCCC. The zero-order valence-electron chi connectivity index (χ0n) is 28.4. The minimum atomic E-state index is -4.59. The van der Waals surface area contributed by atoms with Crippen LogP contribution in [-0.2, 0) is 32.7 Å². The van der Waals surface area contributed by atoms with Crippen LogP contribution in [0.15, 0.2) is 0 Å². The fourth-order valence-corrected chi connectivity index (χ4v) is 5.73. The first-order valence-corrected chi connectivity index (χ1v) is 19.5. The standard InChI is InChI=1S/C34H68NO8P/c1-3-5-7-9-11-13-15-17-19-21-23-26-33(36)40-30-32(31-42-44(38,39)41-29-25-28-35)43-34(37)27-24-22-20-18-16-14-12-10-8-6-4-2/h32H,3-31,35H2,1-2H3,(H,38,39)/p-1/t32-/m0/s1. The third-order valence-corrected chi connectivity index (χ3v) is 8.68. The van der Waals surface area contributed by atoms with E-state index in [1.165, 1.54) is 96.3 Å². The normalized spacial score (nSPS) is 13.5. The molecule has 0 rings (SSSR count). The third kappa shape index (κ3) is 31.0. The molecule has 262 valence electrons. The summed E-state index contributed by atoms with van der Waals surface area (Å²) in [5, 5.41) is 0. The van der Waals surface area contributed by atoms with Crippen molar-refractivity contribution in [1.82, 2.24) is 0 Å². The Bertz CT molecular complexity index is 709. The molecule has 0 heterocycles. The van der Waals surface area contributed by atoms with Gasteiger partial charge >= 0.3 is 11.9 Å². The number of rotatable bonds is 34. The van der Waals surface area contributed by atoms with Gasteiger partial charge in [0.2, 0.25) is 0 Å². The van der Waals surface area contributed by atoms with Gasteiger partial charge in [0.05, 0.1) is 13.2 Å². The monoisotopic (exact) mass is 648 g/mol. The van der Waals surface area contributed by atoms with E-state index in [4.69, 9.17) is 24.3 Å². The number of esters is 2. The summed E-state index contributed by atoms with van der Waals surface area (Å²) in [6.07, 6.45) is 25.8. The van der Waals surface area contributed by atoms with E-state index in [-0.39, 0.29) is 32.6 Å². The second kappa shape index (κ2) is 32.0. The predicted molar refractivity (Wildman–Crippen MR) is 176 cm³/mol. The summed E-state index contributed by atoms with van der Waals surface area (Å²) < 4.78 is 32.5. The van der Waals surface area contributed by atoms with Crippen molar-refractivity contribution in [3.05, 3.63) is 0 Å². The van der Waals surface area contributed by atoms with Crippen LogP contribution in [0.5, 0.6) is 0 Å². The highest BCUT2D eigenvalue weighted by Gasteiger charge is 2.21. The molecule has 10 heteroatoms. The molecular formula is C34H67NO8P-. The molecule has 0 aliphatic carbocycles. The maximum atomic E-state index is 12.5. The van der Waals surface area contributed by atoms with Gasteiger partial charge in [-0.2, -0.15) is 0 Å². The number of carbonyl (C=O) groups is 2. The van der Waals surface area contributed by atoms with Crippen molar-refractivity contribution < 1.29 is 37.6 Å². The highest BCUT2D eigenvalue weighted by molar-refractivity contribution is 7.45. The van der Waals surface area contributed by atoms with Gasteiger partial charge in [0.1, 0.15) is 6.61 Å². The molecule has 0 saturated carbocycles. The summed E-state index contributed by atoms with van der Waals surface area (Å²) in [4.78, 5) is 36.8. The van der Waals surface area contributed by atoms with E-state index in [1.807, 2.05) is 0 Å². The number of phosphoric acid groups is 1. The first kappa shape index (κ1) is 43.0. The maximum absolute atomic E-state index is 12.5. The molecule has 9 nitrogen and oxygen atoms in total. The summed E-state index contributed by atoms with van der Waals surface area (Å²) in [5.74, 6) is -0.849. The first-order chi connectivity index (χ1) is 21.3. The van der Waals surface area contributed by atoms with E-state index < -0.39 is 32.5 Å². The van der Waals surface area contributed by atoms with E-state index in [0.717, 1.165) is 38.5 Å². The molecule has 0 aromatic heterocycles. The molecular weight excluding hydrogens is 581 g/mol. The van der Waals surface area contributed by atoms with Gasteiger partial charge in [-0.1, -0.05) is 142 Å². The van der Waals surface area contributed by atoms with Crippen molar-refractivity contribution in [2.24, 2.45) is 5.73 Å². The largest absolute Gasteiger partial charge is 0.756 e.